The number of alkyl carbamates (subject to hydrolysis) is 1. The monoisotopic (exact) mass is 459 g/mol. The molecule has 1 amide bonds. The maximum Gasteiger partial charge on any atom is 0.407 e. The summed E-state index contributed by atoms with van der Waals surface area (Å²) in [5, 5.41) is 2.79. The summed E-state index contributed by atoms with van der Waals surface area (Å²) in [6, 6.07) is 25.6. The van der Waals surface area contributed by atoms with Crippen LogP contribution >= 0.6 is 0 Å². The third-order valence-electron chi connectivity index (χ3n) is 5.98. The minimum atomic E-state index is -0.751. The molecule has 1 aliphatic rings. The molecule has 3 aromatic carbocycles. The summed E-state index contributed by atoms with van der Waals surface area (Å²) in [5.74, 6) is -0.448. The van der Waals surface area contributed by atoms with Gasteiger partial charge in [0.15, 0.2) is 6.10 Å². The minimum absolute atomic E-state index is 0.000664. The highest BCUT2D eigenvalue weighted by Crippen LogP contribution is 2.44. The van der Waals surface area contributed by atoms with Gasteiger partial charge in [-0.25, -0.2) is 9.59 Å². The third kappa shape index (κ3) is 5.46. The van der Waals surface area contributed by atoms with E-state index in [0.29, 0.717) is 6.42 Å². The van der Waals surface area contributed by atoms with Crippen molar-refractivity contribution in [3.8, 4) is 11.1 Å². The lowest BCUT2D eigenvalue weighted by molar-refractivity contribution is -0.154. The summed E-state index contributed by atoms with van der Waals surface area (Å²) in [4.78, 5) is 24.6. The van der Waals surface area contributed by atoms with Crippen LogP contribution in [0.25, 0.3) is 11.1 Å². The number of ether oxygens (including phenoxy) is 3. The number of rotatable bonds is 9. The Bertz CT molecular complexity index is 1080. The second-order valence-electron chi connectivity index (χ2n) is 8.41. The fraction of sp³-hybridized carbons (Fsp3) is 0.286. The molecule has 4 rings (SSSR count). The molecule has 1 N–H and O–H groups in total. The lowest BCUT2D eigenvalue weighted by Gasteiger charge is -2.20. The van der Waals surface area contributed by atoms with Gasteiger partial charge in [0.2, 0.25) is 0 Å². The molecule has 176 valence electrons. The first kappa shape index (κ1) is 23.5. The Morgan fingerprint density at radius 1 is 0.882 bits per heavy atom. The molecule has 0 aliphatic heterocycles. The van der Waals surface area contributed by atoms with Crippen molar-refractivity contribution >= 4 is 12.1 Å². The van der Waals surface area contributed by atoms with Gasteiger partial charge >= 0.3 is 12.1 Å². The first-order valence-electron chi connectivity index (χ1n) is 11.4. The molecule has 0 spiro atoms. The number of carbonyl (C=O) groups is 2. The molecule has 0 saturated heterocycles. The van der Waals surface area contributed by atoms with E-state index in [1.54, 1.807) is 6.92 Å². The highest BCUT2D eigenvalue weighted by molar-refractivity contribution is 5.79. The number of benzene rings is 3. The lowest BCUT2D eigenvalue weighted by atomic mass is 9.98. The van der Waals surface area contributed by atoms with Gasteiger partial charge in [0, 0.05) is 12.3 Å². The zero-order valence-corrected chi connectivity index (χ0v) is 19.4. The minimum Gasteiger partial charge on any atom is -0.467 e. The Hall–Kier alpha value is -3.64. The van der Waals surface area contributed by atoms with E-state index in [9.17, 15) is 9.59 Å². The Labute approximate surface area is 199 Å². The van der Waals surface area contributed by atoms with Crippen LogP contribution in [0, 0.1) is 0 Å². The normalized spacial score (nSPS) is 13.9. The molecule has 2 atom stereocenters. The van der Waals surface area contributed by atoms with Crippen molar-refractivity contribution in [1.29, 1.82) is 0 Å². The molecule has 0 heterocycles. The van der Waals surface area contributed by atoms with Gasteiger partial charge in [-0.15, -0.1) is 0 Å². The summed E-state index contributed by atoms with van der Waals surface area (Å²) in [6.45, 7) is 2.20. The van der Waals surface area contributed by atoms with Gasteiger partial charge in [0.05, 0.1) is 19.8 Å². The van der Waals surface area contributed by atoms with Crippen LogP contribution in [0.5, 0.6) is 0 Å². The first-order chi connectivity index (χ1) is 16.6. The predicted molar refractivity (Wildman–Crippen MR) is 130 cm³/mol. The zero-order valence-electron chi connectivity index (χ0n) is 19.4. The number of hydrogen-bond donors (Lipinski definition) is 1. The van der Waals surface area contributed by atoms with Crippen molar-refractivity contribution in [3.63, 3.8) is 0 Å². The Balaban J connectivity index is 1.30. The molecule has 1 unspecified atom stereocenters. The zero-order chi connectivity index (χ0) is 23.9. The van der Waals surface area contributed by atoms with Gasteiger partial charge in [0.25, 0.3) is 0 Å². The molecule has 1 aliphatic carbocycles. The molecular weight excluding hydrogens is 430 g/mol. The number of hydrogen-bond acceptors (Lipinski definition) is 5. The average molecular weight is 460 g/mol. The average Bonchev–Trinajstić information content (AvgIpc) is 3.19. The summed E-state index contributed by atoms with van der Waals surface area (Å²) >= 11 is 0. The largest absolute Gasteiger partial charge is 0.467 e. The van der Waals surface area contributed by atoms with Crippen LogP contribution in [0.4, 0.5) is 4.79 Å². The van der Waals surface area contributed by atoms with Gasteiger partial charge in [-0.2, -0.15) is 0 Å². The van der Waals surface area contributed by atoms with E-state index in [-0.39, 0.29) is 25.2 Å². The van der Waals surface area contributed by atoms with Gasteiger partial charge < -0.3 is 19.5 Å². The van der Waals surface area contributed by atoms with Crippen molar-refractivity contribution in [2.75, 3.05) is 20.3 Å². The second-order valence-corrected chi connectivity index (χ2v) is 8.41. The molecule has 0 fully saturated rings. The van der Waals surface area contributed by atoms with Crippen LogP contribution in [0.15, 0.2) is 78.9 Å². The molecule has 6 nitrogen and oxygen atoms in total. The predicted octanol–water partition coefficient (Wildman–Crippen LogP) is 4.71. The molecule has 34 heavy (non-hydrogen) atoms. The van der Waals surface area contributed by atoms with Crippen LogP contribution in [0.2, 0.25) is 0 Å². The number of nitrogens with one attached hydrogen (secondary N) is 1. The number of esters is 1. The van der Waals surface area contributed by atoms with Gasteiger partial charge in [-0.3, -0.25) is 0 Å². The van der Waals surface area contributed by atoms with Crippen molar-refractivity contribution in [1.82, 2.24) is 5.32 Å². The van der Waals surface area contributed by atoms with Crippen LogP contribution in [-0.2, 0) is 25.4 Å². The lowest BCUT2D eigenvalue weighted by Crippen LogP contribution is -2.39. The van der Waals surface area contributed by atoms with Crippen LogP contribution < -0.4 is 5.32 Å². The van der Waals surface area contributed by atoms with Gasteiger partial charge in [-0.1, -0.05) is 78.9 Å². The van der Waals surface area contributed by atoms with E-state index >= 15 is 0 Å². The number of fused-ring (bicyclic) bond motifs is 3. The summed E-state index contributed by atoms with van der Waals surface area (Å²) in [7, 11) is 1.34. The van der Waals surface area contributed by atoms with Crippen LogP contribution in [0.1, 0.15) is 29.5 Å². The van der Waals surface area contributed by atoms with E-state index in [4.69, 9.17) is 14.2 Å². The summed E-state index contributed by atoms with van der Waals surface area (Å²) in [5.41, 5.74) is 5.65. The van der Waals surface area contributed by atoms with E-state index in [2.05, 4.69) is 29.6 Å². The highest BCUT2D eigenvalue weighted by Gasteiger charge is 2.29. The second kappa shape index (κ2) is 11.0. The van der Waals surface area contributed by atoms with Crippen molar-refractivity contribution in [2.45, 2.75) is 31.4 Å². The molecule has 0 aromatic heterocycles. The van der Waals surface area contributed by atoms with Crippen molar-refractivity contribution < 1.29 is 23.8 Å². The SMILES string of the molecule is COC(=O)[C@H](Cc1ccccc1)OCC(C)NC(=O)OCC1c2ccccc2-c2ccccc21. The number of amides is 1. The quantitative estimate of drug-likeness (QED) is 0.469. The number of carbonyl (C=O) groups excluding carboxylic acids is 2. The van der Waals surface area contributed by atoms with Crippen LogP contribution in [0.3, 0.4) is 0 Å². The maximum absolute atomic E-state index is 12.5. The van der Waals surface area contributed by atoms with E-state index in [1.165, 1.54) is 18.2 Å². The molecular formula is C28H29NO5. The van der Waals surface area contributed by atoms with Crippen LogP contribution in [-0.4, -0.2) is 44.5 Å². The topological polar surface area (TPSA) is 73.9 Å². The highest BCUT2D eigenvalue weighted by atomic mass is 16.6. The first-order valence-corrected chi connectivity index (χ1v) is 11.4. The van der Waals surface area contributed by atoms with E-state index in [0.717, 1.165) is 16.7 Å². The molecule has 3 aromatic rings. The molecule has 6 heteroatoms. The fourth-order valence-corrected chi connectivity index (χ4v) is 4.31. The number of methoxy groups -OCH3 is 1. The standard InChI is InChI=1S/C28H29NO5/c1-19(17-33-26(27(30)32-2)16-20-10-4-3-5-11-20)29-28(31)34-18-25-23-14-8-6-12-21(23)22-13-7-9-15-24(22)25/h3-15,19,25-26H,16-18H2,1-2H3,(H,29,31)/t19?,26-/m0/s1. The van der Waals surface area contributed by atoms with Gasteiger partial charge in [0.1, 0.15) is 6.61 Å². The molecule has 0 radical (unpaired) electrons. The van der Waals surface area contributed by atoms with E-state index in [1.807, 2.05) is 54.6 Å². The smallest absolute Gasteiger partial charge is 0.407 e. The Kier molecular flexibility index (Phi) is 7.60. The fourth-order valence-electron chi connectivity index (χ4n) is 4.31. The van der Waals surface area contributed by atoms with Crippen molar-refractivity contribution in [2.24, 2.45) is 0 Å². The maximum atomic E-state index is 12.5. The third-order valence-corrected chi connectivity index (χ3v) is 5.98. The summed E-state index contributed by atoms with van der Waals surface area (Å²) in [6.07, 6.45) is -0.875. The molecule has 0 bridgehead atoms. The van der Waals surface area contributed by atoms with Gasteiger partial charge in [-0.05, 0) is 34.7 Å². The Morgan fingerprint density at radius 3 is 2.09 bits per heavy atom. The van der Waals surface area contributed by atoms with E-state index < -0.39 is 18.2 Å². The Morgan fingerprint density at radius 2 is 1.47 bits per heavy atom. The molecule has 0 saturated carbocycles. The van der Waals surface area contributed by atoms with Crippen molar-refractivity contribution in [3.05, 3.63) is 95.6 Å². The summed E-state index contributed by atoms with van der Waals surface area (Å²) < 4.78 is 16.2.